The summed E-state index contributed by atoms with van der Waals surface area (Å²) in [5.74, 6) is 0.566. The first kappa shape index (κ1) is 14.5. The van der Waals surface area contributed by atoms with Crippen LogP contribution >= 0.6 is 11.3 Å². The zero-order valence-corrected chi connectivity index (χ0v) is 12.9. The van der Waals surface area contributed by atoms with Gasteiger partial charge in [-0.05, 0) is 30.7 Å². The van der Waals surface area contributed by atoms with Crippen LogP contribution in [0.1, 0.15) is 36.3 Å². The highest BCUT2D eigenvalue weighted by Gasteiger charge is 2.27. The first-order valence-corrected chi connectivity index (χ1v) is 8.40. The van der Waals surface area contributed by atoms with Crippen molar-refractivity contribution in [2.24, 2.45) is 5.92 Å². The summed E-state index contributed by atoms with van der Waals surface area (Å²) in [7, 11) is 0. The van der Waals surface area contributed by atoms with Crippen LogP contribution in [-0.2, 0) is 6.42 Å². The molecule has 2 atom stereocenters. The van der Waals surface area contributed by atoms with Gasteiger partial charge in [-0.3, -0.25) is 0 Å². The van der Waals surface area contributed by atoms with Crippen molar-refractivity contribution < 1.29 is 5.11 Å². The third kappa shape index (κ3) is 3.80. The third-order valence-electron chi connectivity index (χ3n) is 4.13. The second-order valence-electron chi connectivity index (χ2n) is 5.62. The first-order chi connectivity index (χ1) is 10.3. The predicted octanol–water partition coefficient (Wildman–Crippen LogP) is 3.09. The Bertz CT molecular complexity index is 558. The Morgan fingerprint density at radius 1 is 1.19 bits per heavy atom. The molecule has 1 aromatic heterocycles. The van der Waals surface area contributed by atoms with Gasteiger partial charge in [-0.1, -0.05) is 48.1 Å². The number of benzene rings is 1. The zero-order chi connectivity index (χ0) is 14.5. The molecule has 1 aliphatic carbocycles. The number of anilines is 1. The zero-order valence-electron chi connectivity index (χ0n) is 12.0. The fraction of sp³-hybridized carbons (Fsp3) is 0.500. The minimum Gasteiger partial charge on any atom is -0.396 e. The van der Waals surface area contributed by atoms with Crippen LogP contribution in [0.3, 0.4) is 0 Å². The lowest BCUT2D eigenvalue weighted by atomic mass is 10.0. The number of aromatic nitrogens is 2. The van der Waals surface area contributed by atoms with E-state index in [4.69, 9.17) is 5.11 Å². The SMILES string of the molecule is OCCC1CCCC1Nc1nnc(Cc2ccccc2)s1. The van der Waals surface area contributed by atoms with Crippen LogP contribution in [0.25, 0.3) is 0 Å². The highest BCUT2D eigenvalue weighted by molar-refractivity contribution is 7.15. The quantitative estimate of drug-likeness (QED) is 0.861. The summed E-state index contributed by atoms with van der Waals surface area (Å²) in [5.41, 5.74) is 1.26. The van der Waals surface area contributed by atoms with Gasteiger partial charge in [0.05, 0.1) is 0 Å². The van der Waals surface area contributed by atoms with Crippen LogP contribution in [0.4, 0.5) is 5.13 Å². The number of hydrogen-bond acceptors (Lipinski definition) is 5. The maximum Gasteiger partial charge on any atom is 0.205 e. The van der Waals surface area contributed by atoms with Crippen molar-refractivity contribution in [3.63, 3.8) is 0 Å². The van der Waals surface area contributed by atoms with E-state index in [-0.39, 0.29) is 6.61 Å². The van der Waals surface area contributed by atoms with E-state index in [0.29, 0.717) is 12.0 Å². The minimum atomic E-state index is 0.276. The van der Waals surface area contributed by atoms with E-state index < -0.39 is 0 Å². The van der Waals surface area contributed by atoms with E-state index in [9.17, 15) is 0 Å². The smallest absolute Gasteiger partial charge is 0.205 e. The van der Waals surface area contributed by atoms with Crippen molar-refractivity contribution in [1.82, 2.24) is 10.2 Å². The van der Waals surface area contributed by atoms with E-state index in [2.05, 4.69) is 27.6 Å². The highest BCUT2D eigenvalue weighted by Crippen LogP contribution is 2.31. The lowest BCUT2D eigenvalue weighted by Gasteiger charge is -2.19. The Kier molecular flexibility index (Phi) is 4.83. The van der Waals surface area contributed by atoms with Gasteiger partial charge in [0.25, 0.3) is 0 Å². The second kappa shape index (κ2) is 7.00. The normalized spacial score (nSPS) is 21.6. The van der Waals surface area contributed by atoms with E-state index >= 15 is 0 Å². The van der Waals surface area contributed by atoms with Crippen LogP contribution in [0.5, 0.6) is 0 Å². The maximum atomic E-state index is 9.13. The van der Waals surface area contributed by atoms with Crippen molar-refractivity contribution in [2.45, 2.75) is 38.1 Å². The highest BCUT2D eigenvalue weighted by atomic mass is 32.1. The van der Waals surface area contributed by atoms with Gasteiger partial charge in [-0.2, -0.15) is 0 Å². The van der Waals surface area contributed by atoms with Gasteiger partial charge in [0, 0.05) is 19.1 Å². The molecule has 0 spiro atoms. The van der Waals surface area contributed by atoms with Gasteiger partial charge in [0.15, 0.2) is 0 Å². The number of aliphatic hydroxyl groups excluding tert-OH is 1. The topological polar surface area (TPSA) is 58.0 Å². The Hall–Kier alpha value is -1.46. The first-order valence-electron chi connectivity index (χ1n) is 7.59. The van der Waals surface area contributed by atoms with Crippen molar-refractivity contribution in [1.29, 1.82) is 0 Å². The lowest BCUT2D eigenvalue weighted by Crippen LogP contribution is -2.24. The van der Waals surface area contributed by atoms with Crippen molar-refractivity contribution in [3.05, 3.63) is 40.9 Å². The summed E-state index contributed by atoms with van der Waals surface area (Å²) >= 11 is 1.64. The van der Waals surface area contributed by atoms with Crippen LogP contribution in [0, 0.1) is 5.92 Å². The van der Waals surface area contributed by atoms with Gasteiger partial charge in [0.1, 0.15) is 5.01 Å². The Morgan fingerprint density at radius 3 is 2.86 bits per heavy atom. The summed E-state index contributed by atoms with van der Waals surface area (Å²) < 4.78 is 0. The Labute approximate surface area is 129 Å². The Morgan fingerprint density at radius 2 is 2.05 bits per heavy atom. The average Bonchev–Trinajstić information content (AvgIpc) is 3.11. The molecule has 1 aliphatic rings. The molecule has 112 valence electrons. The summed E-state index contributed by atoms with van der Waals surface area (Å²) in [4.78, 5) is 0. The molecule has 2 aromatic rings. The number of rotatable bonds is 6. The van der Waals surface area contributed by atoms with Crippen LogP contribution < -0.4 is 5.32 Å². The monoisotopic (exact) mass is 303 g/mol. The van der Waals surface area contributed by atoms with Crippen molar-refractivity contribution in [3.8, 4) is 0 Å². The number of nitrogens with zero attached hydrogens (tertiary/aromatic N) is 2. The standard InChI is InChI=1S/C16H21N3OS/c20-10-9-13-7-4-8-14(13)17-16-19-18-15(21-16)11-12-5-2-1-3-6-12/h1-3,5-6,13-14,20H,4,7-11H2,(H,17,19). The van der Waals surface area contributed by atoms with E-state index in [1.165, 1.54) is 18.4 Å². The summed E-state index contributed by atoms with van der Waals surface area (Å²) in [5, 5.41) is 23.1. The molecule has 3 rings (SSSR count). The fourth-order valence-corrected chi connectivity index (χ4v) is 3.89. The van der Waals surface area contributed by atoms with E-state index in [1.54, 1.807) is 11.3 Å². The Balaban J connectivity index is 1.60. The average molecular weight is 303 g/mol. The summed E-state index contributed by atoms with van der Waals surface area (Å²) in [6, 6.07) is 10.8. The van der Waals surface area contributed by atoms with Crippen molar-refractivity contribution >= 4 is 16.5 Å². The predicted molar refractivity (Wildman–Crippen MR) is 85.6 cm³/mol. The van der Waals surface area contributed by atoms with E-state index in [0.717, 1.165) is 29.4 Å². The summed E-state index contributed by atoms with van der Waals surface area (Å²) in [6.07, 6.45) is 5.32. The minimum absolute atomic E-state index is 0.276. The molecule has 0 aliphatic heterocycles. The molecule has 0 saturated heterocycles. The number of nitrogens with one attached hydrogen (secondary N) is 1. The molecule has 0 radical (unpaired) electrons. The third-order valence-corrected chi connectivity index (χ3v) is 4.99. The molecule has 0 amide bonds. The van der Waals surface area contributed by atoms with Gasteiger partial charge in [0.2, 0.25) is 5.13 Å². The molecule has 1 saturated carbocycles. The molecule has 5 heteroatoms. The van der Waals surface area contributed by atoms with Gasteiger partial charge < -0.3 is 10.4 Å². The van der Waals surface area contributed by atoms with Gasteiger partial charge in [-0.25, -0.2) is 0 Å². The molecular weight excluding hydrogens is 282 g/mol. The maximum absolute atomic E-state index is 9.13. The molecule has 2 N–H and O–H groups in total. The molecule has 1 fully saturated rings. The van der Waals surface area contributed by atoms with Crippen LogP contribution in [-0.4, -0.2) is 28.0 Å². The molecule has 21 heavy (non-hydrogen) atoms. The number of aliphatic hydroxyl groups is 1. The molecule has 4 nitrogen and oxygen atoms in total. The van der Waals surface area contributed by atoms with E-state index in [1.807, 2.05) is 18.2 Å². The van der Waals surface area contributed by atoms with Gasteiger partial charge in [-0.15, -0.1) is 10.2 Å². The largest absolute Gasteiger partial charge is 0.396 e. The second-order valence-corrected chi connectivity index (χ2v) is 6.68. The van der Waals surface area contributed by atoms with Crippen LogP contribution in [0.15, 0.2) is 30.3 Å². The molecule has 2 unspecified atom stereocenters. The summed E-state index contributed by atoms with van der Waals surface area (Å²) in [6.45, 7) is 0.276. The molecule has 1 aromatic carbocycles. The van der Waals surface area contributed by atoms with Crippen molar-refractivity contribution in [2.75, 3.05) is 11.9 Å². The molecule has 1 heterocycles. The molecule has 0 bridgehead atoms. The molecular formula is C16H21N3OS. The lowest BCUT2D eigenvalue weighted by molar-refractivity contribution is 0.254. The van der Waals surface area contributed by atoms with Gasteiger partial charge >= 0.3 is 0 Å². The van der Waals surface area contributed by atoms with Crippen LogP contribution in [0.2, 0.25) is 0 Å². The fourth-order valence-electron chi connectivity index (χ4n) is 3.05. The number of hydrogen-bond donors (Lipinski definition) is 2.